The van der Waals surface area contributed by atoms with Gasteiger partial charge in [0.25, 0.3) is 0 Å². The van der Waals surface area contributed by atoms with Gasteiger partial charge in [-0.25, -0.2) is 9.59 Å². The number of carbonyl (C=O) groups excluding carboxylic acids is 6. The van der Waals surface area contributed by atoms with Crippen LogP contribution in [0.4, 0.5) is 0 Å². The Balaban J connectivity index is 2.19. The lowest BCUT2D eigenvalue weighted by molar-refractivity contribution is -0.138. The molecule has 1 aliphatic rings. The van der Waals surface area contributed by atoms with Gasteiger partial charge >= 0.3 is 11.9 Å². The minimum atomic E-state index is -0.626. The van der Waals surface area contributed by atoms with Crippen LogP contribution < -0.4 is 21.3 Å². The molecule has 1 rings (SSSR count). The minimum absolute atomic E-state index is 0.232. The van der Waals surface area contributed by atoms with Crippen LogP contribution in [-0.4, -0.2) is 74.0 Å². The highest BCUT2D eigenvalue weighted by atomic mass is 16.5. The molecule has 12 heteroatoms. The fourth-order valence-electron chi connectivity index (χ4n) is 3.24. The van der Waals surface area contributed by atoms with Gasteiger partial charge in [0.2, 0.25) is 23.6 Å². The second kappa shape index (κ2) is 17.7. The predicted molar refractivity (Wildman–Crippen MR) is 129 cm³/mol. The molecule has 36 heavy (non-hydrogen) atoms. The minimum Gasteiger partial charge on any atom is -0.463 e. The molecule has 0 bridgehead atoms. The summed E-state index contributed by atoms with van der Waals surface area (Å²) in [5.74, 6) is -2.50. The van der Waals surface area contributed by atoms with Crippen molar-refractivity contribution in [3.8, 4) is 0 Å². The molecule has 1 aliphatic heterocycles. The van der Waals surface area contributed by atoms with Crippen molar-refractivity contribution in [1.82, 2.24) is 21.3 Å². The molecule has 200 valence electrons. The van der Waals surface area contributed by atoms with Crippen molar-refractivity contribution < 1.29 is 38.2 Å². The van der Waals surface area contributed by atoms with Gasteiger partial charge in [-0.1, -0.05) is 0 Å². The van der Waals surface area contributed by atoms with E-state index in [0.29, 0.717) is 51.6 Å². The third-order valence-electron chi connectivity index (χ3n) is 5.02. The summed E-state index contributed by atoms with van der Waals surface area (Å²) in [6.45, 7) is 4.54. The first kappa shape index (κ1) is 30.3. The van der Waals surface area contributed by atoms with Gasteiger partial charge in [0.05, 0.1) is 13.2 Å². The van der Waals surface area contributed by atoms with Crippen molar-refractivity contribution in [2.45, 2.75) is 64.5 Å². The first-order valence-corrected chi connectivity index (χ1v) is 12.1. The number of hydrogen-bond acceptors (Lipinski definition) is 8. The van der Waals surface area contributed by atoms with Crippen LogP contribution in [0.5, 0.6) is 0 Å². The maximum absolute atomic E-state index is 12.3. The largest absolute Gasteiger partial charge is 0.463 e. The Labute approximate surface area is 210 Å². The average molecular weight is 509 g/mol. The molecule has 0 saturated carbocycles. The van der Waals surface area contributed by atoms with Gasteiger partial charge in [0, 0.05) is 37.4 Å². The van der Waals surface area contributed by atoms with Crippen LogP contribution in [0.1, 0.15) is 52.4 Å². The Morgan fingerprint density at radius 1 is 0.694 bits per heavy atom. The van der Waals surface area contributed by atoms with Crippen LogP contribution in [0.15, 0.2) is 24.3 Å². The van der Waals surface area contributed by atoms with Gasteiger partial charge < -0.3 is 30.7 Å². The fourth-order valence-corrected chi connectivity index (χ4v) is 3.24. The van der Waals surface area contributed by atoms with Gasteiger partial charge in [-0.05, 0) is 52.4 Å². The van der Waals surface area contributed by atoms with Crippen LogP contribution in [0, 0.1) is 0 Å². The summed E-state index contributed by atoms with van der Waals surface area (Å²) in [7, 11) is 0. The number of hydrogen-bond donors (Lipinski definition) is 4. The lowest BCUT2D eigenvalue weighted by Gasteiger charge is -2.29. The zero-order valence-corrected chi connectivity index (χ0v) is 20.8. The van der Waals surface area contributed by atoms with E-state index in [0.717, 1.165) is 24.3 Å². The number of esters is 2. The lowest BCUT2D eigenvalue weighted by atomic mass is 10.0. The van der Waals surface area contributed by atoms with E-state index < -0.39 is 35.8 Å². The molecule has 1 heterocycles. The fraction of sp³-hybridized carbons (Fsp3) is 0.583. The molecule has 4 amide bonds. The second-order valence-electron chi connectivity index (χ2n) is 7.87. The summed E-state index contributed by atoms with van der Waals surface area (Å²) < 4.78 is 9.37. The summed E-state index contributed by atoms with van der Waals surface area (Å²) in [5.41, 5.74) is 0. The zero-order valence-electron chi connectivity index (χ0n) is 20.8. The van der Waals surface area contributed by atoms with Crippen molar-refractivity contribution in [1.29, 1.82) is 0 Å². The van der Waals surface area contributed by atoms with E-state index in [1.54, 1.807) is 13.8 Å². The quantitative estimate of drug-likeness (QED) is 0.126. The molecule has 12 nitrogen and oxygen atoms in total. The number of piperazine rings is 1. The SMILES string of the molecule is CCOC(=O)/C=C/C(=O)NCCCCC1NC(=O)C(CCCCNC(=O)/C=C/C(=O)OCC)NC1=O. The van der Waals surface area contributed by atoms with Gasteiger partial charge in [0.1, 0.15) is 12.1 Å². The van der Waals surface area contributed by atoms with E-state index >= 15 is 0 Å². The molecule has 4 N–H and O–H groups in total. The van der Waals surface area contributed by atoms with Gasteiger partial charge in [-0.3, -0.25) is 19.2 Å². The Morgan fingerprint density at radius 3 is 1.44 bits per heavy atom. The summed E-state index contributed by atoms with van der Waals surface area (Å²) >= 11 is 0. The van der Waals surface area contributed by atoms with E-state index in [-0.39, 0.29) is 25.0 Å². The molecule has 0 spiro atoms. The highest BCUT2D eigenvalue weighted by Crippen LogP contribution is 2.10. The zero-order chi connectivity index (χ0) is 26.8. The summed E-state index contributed by atoms with van der Waals surface area (Å²) in [4.78, 5) is 70.2. The van der Waals surface area contributed by atoms with Gasteiger partial charge in [-0.2, -0.15) is 0 Å². The van der Waals surface area contributed by atoms with Crippen molar-refractivity contribution in [2.24, 2.45) is 0 Å². The number of carbonyl (C=O) groups is 6. The van der Waals surface area contributed by atoms with Crippen molar-refractivity contribution in [2.75, 3.05) is 26.3 Å². The van der Waals surface area contributed by atoms with Gasteiger partial charge in [0.15, 0.2) is 0 Å². The number of nitrogens with one attached hydrogen (secondary N) is 4. The van der Waals surface area contributed by atoms with Crippen molar-refractivity contribution in [3.05, 3.63) is 24.3 Å². The maximum atomic E-state index is 12.3. The molecule has 1 fully saturated rings. The topological polar surface area (TPSA) is 169 Å². The third kappa shape index (κ3) is 13.3. The number of unbranched alkanes of at least 4 members (excludes halogenated alkanes) is 2. The highest BCUT2D eigenvalue weighted by molar-refractivity contribution is 5.97. The average Bonchev–Trinajstić information content (AvgIpc) is 2.84. The molecular formula is C24H36N4O8. The van der Waals surface area contributed by atoms with E-state index in [2.05, 4.69) is 30.7 Å². The van der Waals surface area contributed by atoms with E-state index in [1.165, 1.54) is 0 Å². The maximum Gasteiger partial charge on any atom is 0.330 e. The molecule has 0 radical (unpaired) electrons. The molecule has 0 aromatic carbocycles. The van der Waals surface area contributed by atoms with Crippen LogP contribution in [0.2, 0.25) is 0 Å². The Bertz CT molecular complexity index is 772. The van der Waals surface area contributed by atoms with Gasteiger partial charge in [-0.15, -0.1) is 0 Å². The molecule has 0 aromatic heterocycles. The number of ether oxygens (including phenoxy) is 2. The highest BCUT2D eigenvalue weighted by Gasteiger charge is 2.32. The Kier molecular flexibility index (Phi) is 14.9. The van der Waals surface area contributed by atoms with E-state index in [4.69, 9.17) is 0 Å². The van der Waals surface area contributed by atoms with Crippen LogP contribution >= 0.6 is 0 Å². The van der Waals surface area contributed by atoms with Crippen LogP contribution in [0.25, 0.3) is 0 Å². The van der Waals surface area contributed by atoms with E-state index in [9.17, 15) is 28.8 Å². The molecule has 2 unspecified atom stereocenters. The molecule has 1 saturated heterocycles. The van der Waals surface area contributed by atoms with E-state index in [1.807, 2.05) is 0 Å². The Hall–Kier alpha value is -3.70. The second-order valence-corrected chi connectivity index (χ2v) is 7.87. The number of rotatable bonds is 16. The summed E-state index contributed by atoms with van der Waals surface area (Å²) in [5, 5.41) is 10.7. The summed E-state index contributed by atoms with van der Waals surface area (Å²) in [6.07, 6.45) is 7.59. The predicted octanol–water partition coefficient (Wildman–Crippen LogP) is -0.219. The van der Waals surface area contributed by atoms with Crippen molar-refractivity contribution in [3.63, 3.8) is 0 Å². The first-order valence-electron chi connectivity index (χ1n) is 12.1. The Morgan fingerprint density at radius 2 is 1.08 bits per heavy atom. The molecular weight excluding hydrogens is 472 g/mol. The molecule has 0 aliphatic carbocycles. The smallest absolute Gasteiger partial charge is 0.330 e. The standard InChI is InChI=1S/C24H36N4O8/c1-3-35-21(31)13-11-19(29)25-15-7-5-9-17-23(33)28-18(24(34)27-17)10-6-8-16-26-20(30)12-14-22(32)36-4-2/h11-14,17-18H,3-10,15-16H2,1-2H3,(H,25,29)(H,26,30)(H,27,34)(H,28,33)/b13-11+,14-12+. The molecule has 0 aromatic rings. The van der Waals surface area contributed by atoms with Crippen LogP contribution in [-0.2, 0) is 38.2 Å². The van der Waals surface area contributed by atoms with Crippen molar-refractivity contribution >= 4 is 35.6 Å². The third-order valence-corrected chi connectivity index (χ3v) is 5.02. The number of amides is 4. The first-order chi connectivity index (χ1) is 17.3. The normalized spacial score (nSPS) is 17.4. The molecule has 2 atom stereocenters. The van der Waals surface area contributed by atoms with Crippen LogP contribution in [0.3, 0.4) is 0 Å². The summed E-state index contributed by atoms with van der Waals surface area (Å²) in [6, 6.07) is -1.25. The monoisotopic (exact) mass is 508 g/mol. The lowest BCUT2D eigenvalue weighted by Crippen LogP contribution is -2.61.